The average molecular weight is 441 g/mol. The molecule has 4 aliphatic rings. The summed E-state index contributed by atoms with van der Waals surface area (Å²) in [5.74, 6) is 1.58. The van der Waals surface area contributed by atoms with E-state index in [1.54, 1.807) is 0 Å². The molecule has 3 aliphatic carbocycles. The molecule has 1 aliphatic heterocycles. The van der Waals surface area contributed by atoms with E-state index in [0.29, 0.717) is 36.2 Å². The fourth-order valence-corrected chi connectivity index (χ4v) is 7.19. The van der Waals surface area contributed by atoms with Crippen LogP contribution in [-0.2, 0) is 9.53 Å². The van der Waals surface area contributed by atoms with Crippen LogP contribution >= 0.6 is 0 Å². The summed E-state index contributed by atoms with van der Waals surface area (Å²) in [5.41, 5.74) is 4.14. The molecule has 4 fully saturated rings. The number of ether oxygens (including phenoxy) is 1. The monoisotopic (exact) mass is 440 g/mol. The number of aliphatic hydroxyl groups excluding tert-OH is 2. The second-order valence-electron chi connectivity index (χ2n) is 11.1. The fraction of sp³-hybridized carbons (Fsp3) is 0.679. The summed E-state index contributed by atoms with van der Waals surface area (Å²) in [5, 5.41) is 20.2. The summed E-state index contributed by atoms with van der Waals surface area (Å²) in [4.78, 5) is 11.9. The lowest BCUT2D eigenvalue weighted by atomic mass is 9.60. The normalized spacial score (nSPS) is 43.6. The Labute approximate surface area is 193 Å². The zero-order valence-electron chi connectivity index (χ0n) is 20.0. The Kier molecular flexibility index (Phi) is 6.57. The van der Waals surface area contributed by atoms with Crippen molar-refractivity contribution in [2.45, 2.75) is 90.4 Å². The number of esters is 1. The van der Waals surface area contributed by atoms with Crippen LogP contribution in [0.2, 0.25) is 0 Å². The number of hydrogen-bond acceptors (Lipinski definition) is 4. The summed E-state index contributed by atoms with van der Waals surface area (Å²) in [7, 11) is 0. The molecule has 4 nitrogen and oxygen atoms in total. The molecule has 176 valence electrons. The first-order chi connectivity index (χ1) is 15.1. The zero-order chi connectivity index (χ0) is 23.2. The van der Waals surface area contributed by atoms with Crippen molar-refractivity contribution in [1.82, 2.24) is 0 Å². The van der Waals surface area contributed by atoms with E-state index < -0.39 is 12.2 Å². The molecule has 0 aromatic carbocycles. The van der Waals surface area contributed by atoms with Crippen LogP contribution in [0.5, 0.6) is 0 Å². The van der Waals surface area contributed by atoms with Crippen molar-refractivity contribution in [3.63, 3.8) is 0 Å². The van der Waals surface area contributed by atoms with Crippen molar-refractivity contribution in [3.05, 3.63) is 47.6 Å². The van der Waals surface area contributed by atoms with Crippen molar-refractivity contribution >= 4 is 5.97 Å². The predicted molar refractivity (Wildman–Crippen MR) is 127 cm³/mol. The zero-order valence-corrected chi connectivity index (χ0v) is 20.0. The van der Waals surface area contributed by atoms with E-state index in [4.69, 9.17) is 4.74 Å². The van der Waals surface area contributed by atoms with E-state index in [0.717, 1.165) is 24.0 Å². The van der Waals surface area contributed by atoms with Gasteiger partial charge in [-0.1, -0.05) is 51.7 Å². The number of allylic oxidation sites excluding steroid dienone is 3. The number of carbonyl (C=O) groups excluding carboxylic acids is 1. The maximum absolute atomic E-state index is 11.9. The molecule has 4 heteroatoms. The highest BCUT2D eigenvalue weighted by molar-refractivity contribution is 5.90. The largest absolute Gasteiger partial charge is 0.458 e. The molecule has 0 aromatic rings. The van der Waals surface area contributed by atoms with Gasteiger partial charge in [0, 0.05) is 17.9 Å². The summed E-state index contributed by atoms with van der Waals surface area (Å²) >= 11 is 0. The Morgan fingerprint density at radius 2 is 1.97 bits per heavy atom. The van der Waals surface area contributed by atoms with E-state index in [-0.39, 0.29) is 23.4 Å². The van der Waals surface area contributed by atoms with Gasteiger partial charge in [-0.3, -0.25) is 0 Å². The molecule has 0 bridgehead atoms. The van der Waals surface area contributed by atoms with Crippen LogP contribution in [0.3, 0.4) is 0 Å². The average Bonchev–Trinajstić information content (AvgIpc) is 3.21. The molecule has 2 unspecified atom stereocenters. The van der Waals surface area contributed by atoms with Gasteiger partial charge in [0.15, 0.2) is 0 Å². The first-order valence-electron chi connectivity index (χ1n) is 12.5. The van der Waals surface area contributed by atoms with E-state index in [9.17, 15) is 15.0 Å². The predicted octanol–water partition coefficient (Wildman–Crippen LogP) is 5.27. The lowest BCUT2D eigenvalue weighted by Gasteiger charge is -2.44. The Balaban J connectivity index is 1.49. The third-order valence-electron chi connectivity index (χ3n) is 9.22. The van der Waals surface area contributed by atoms with Crippen LogP contribution in [0.25, 0.3) is 0 Å². The number of aliphatic hydroxyl groups is 2. The van der Waals surface area contributed by atoms with Gasteiger partial charge in [0.1, 0.15) is 6.10 Å². The van der Waals surface area contributed by atoms with Gasteiger partial charge in [-0.05, 0) is 79.3 Å². The maximum atomic E-state index is 11.9. The third kappa shape index (κ3) is 4.17. The smallest absolute Gasteiger partial charge is 0.334 e. The Morgan fingerprint density at radius 1 is 1.22 bits per heavy atom. The van der Waals surface area contributed by atoms with Gasteiger partial charge in [-0.15, -0.1) is 0 Å². The molecular formula is C28H40O4. The topological polar surface area (TPSA) is 66.8 Å². The first kappa shape index (κ1) is 23.5. The second kappa shape index (κ2) is 8.95. The molecular weight excluding hydrogens is 400 g/mol. The van der Waals surface area contributed by atoms with Crippen LogP contribution in [-0.4, -0.2) is 34.5 Å². The summed E-state index contributed by atoms with van der Waals surface area (Å²) in [6.45, 7) is 14.8. The summed E-state index contributed by atoms with van der Waals surface area (Å²) < 4.78 is 5.63. The summed E-state index contributed by atoms with van der Waals surface area (Å²) in [6, 6.07) is 0. The van der Waals surface area contributed by atoms with Crippen LogP contribution in [0.15, 0.2) is 47.6 Å². The maximum Gasteiger partial charge on any atom is 0.334 e. The van der Waals surface area contributed by atoms with Gasteiger partial charge in [0.05, 0.1) is 12.2 Å². The van der Waals surface area contributed by atoms with Gasteiger partial charge in [-0.25, -0.2) is 4.79 Å². The van der Waals surface area contributed by atoms with Crippen LogP contribution in [0.4, 0.5) is 0 Å². The van der Waals surface area contributed by atoms with Gasteiger partial charge >= 0.3 is 5.97 Å². The summed E-state index contributed by atoms with van der Waals surface area (Å²) in [6.07, 6.45) is 11.1. The fourth-order valence-electron chi connectivity index (χ4n) is 7.19. The number of cyclic esters (lactones) is 1. The first-order valence-corrected chi connectivity index (χ1v) is 12.5. The SMILES string of the molecule is C=C1C(=O)OC(C[C@@H](C)[C@H]2CC[C@H]3/C(=C/C=C4/C[C@@H](O)C[C@H](O)C4=C)CCC[C@]23C)C1C. The Bertz CT molecular complexity index is 851. The van der Waals surface area contributed by atoms with Gasteiger partial charge < -0.3 is 14.9 Å². The van der Waals surface area contributed by atoms with Crippen molar-refractivity contribution in [2.75, 3.05) is 0 Å². The van der Waals surface area contributed by atoms with Gasteiger partial charge in [0.2, 0.25) is 0 Å². The van der Waals surface area contributed by atoms with E-state index >= 15 is 0 Å². The molecule has 2 N–H and O–H groups in total. The second-order valence-corrected chi connectivity index (χ2v) is 11.1. The highest BCUT2D eigenvalue weighted by Crippen LogP contribution is 2.60. The molecule has 0 amide bonds. The quantitative estimate of drug-likeness (QED) is 0.462. The number of rotatable bonds is 4. The molecule has 0 radical (unpaired) electrons. The highest BCUT2D eigenvalue weighted by atomic mass is 16.6. The van der Waals surface area contributed by atoms with Crippen molar-refractivity contribution in [3.8, 4) is 0 Å². The van der Waals surface area contributed by atoms with Gasteiger partial charge in [0.25, 0.3) is 0 Å². The minimum absolute atomic E-state index is 0.0360. The lowest BCUT2D eigenvalue weighted by Crippen LogP contribution is -2.37. The van der Waals surface area contributed by atoms with Crippen molar-refractivity contribution < 1.29 is 19.7 Å². The lowest BCUT2D eigenvalue weighted by molar-refractivity contribution is -0.140. The molecule has 8 atom stereocenters. The minimum Gasteiger partial charge on any atom is -0.458 e. The van der Waals surface area contributed by atoms with Crippen molar-refractivity contribution in [2.24, 2.45) is 29.1 Å². The number of hydrogen-bond donors (Lipinski definition) is 2. The van der Waals surface area contributed by atoms with Crippen LogP contribution in [0.1, 0.15) is 72.1 Å². The van der Waals surface area contributed by atoms with E-state index in [1.165, 1.54) is 31.3 Å². The Morgan fingerprint density at radius 3 is 2.66 bits per heavy atom. The third-order valence-corrected chi connectivity index (χ3v) is 9.22. The van der Waals surface area contributed by atoms with Gasteiger partial charge in [-0.2, -0.15) is 0 Å². The van der Waals surface area contributed by atoms with Crippen LogP contribution in [0, 0.1) is 29.1 Å². The minimum atomic E-state index is -0.639. The molecule has 32 heavy (non-hydrogen) atoms. The molecule has 3 saturated carbocycles. The Hall–Kier alpha value is -1.65. The van der Waals surface area contributed by atoms with E-state index in [2.05, 4.69) is 46.1 Å². The van der Waals surface area contributed by atoms with Crippen LogP contribution < -0.4 is 0 Å². The van der Waals surface area contributed by atoms with Crippen molar-refractivity contribution in [1.29, 1.82) is 0 Å². The number of fused-ring (bicyclic) bond motifs is 1. The molecule has 0 spiro atoms. The molecule has 1 saturated heterocycles. The molecule has 0 aromatic heterocycles. The number of carbonyl (C=O) groups is 1. The highest BCUT2D eigenvalue weighted by Gasteiger charge is 2.51. The molecule has 4 rings (SSSR count). The standard InChI is InChI=1S/C28H40O4/c1-16(13-26-17(2)18(3)27(31)32-26)23-10-11-24-20(7-6-12-28(23,24)5)8-9-21-14-22(29)15-25(30)19(21)4/h8-9,16-17,22-26,29-30H,3-4,6-7,10-15H2,1-2,5H3/b20-8+,21-9-/t16-,17?,22-,23-,24+,25+,26?,28-/m1/s1. The molecule has 1 heterocycles. The van der Waals surface area contributed by atoms with E-state index in [1.807, 2.05) is 0 Å².